The second-order valence-corrected chi connectivity index (χ2v) is 8.28. The first-order valence-electron chi connectivity index (χ1n) is 11.5. The van der Waals surface area contributed by atoms with Crippen LogP contribution in [0.5, 0.6) is 0 Å². The van der Waals surface area contributed by atoms with Gasteiger partial charge in [-0.15, -0.1) is 0 Å². The molecule has 170 valence electrons. The summed E-state index contributed by atoms with van der Waals surface area (Å²) in [6.07, 6.45) is 11.0. The molecule has 32 heavy (non-hydrogen) atoms. The smallest absolute Gasteiger partial charge is 0.270 e. The van der Waals surface area contributed by atoms with Crippen LogP contribution < -0.4 is 15.2 Å². The highest BCUT2D eigenvalue weighted by atomic mass is 16.6. The zero-order chi connectivity index (χ0) is 22.2. The third-order valence-corrected chi connectivity index (χ3v) is 5.85. The summed E-state index contributed by atoms with van der Waals surface area (Å²) < 4.78 is 0. The van der Waals surface area contributed by atoms with Crippen molar-refractivity contribution < 1.29 is 4.92 Å². The van der Waals surface area contributed by atoms with E-state index in [1.54, 1.807) is 12.1 Å². The molecule has 2 aliphatic heterocycles. The molecule has 1 N–H and O–H groups in total. The van der Waals surface area contributed by atoms with Crippen molar-refractivity contribution in [2.24, 2.45) is 5.10 Å². The Hall–Kier alpha value is -3.30. The van der Waals surface area contributed by atoms with E-state index >= 15 is 0 Å². The van der Waals surface area contributed by atoms with Gasteiger partial charge in [0.05, 0.1) is 11.1 Å². The van der Waals surface area contributed by atoms with Crippen LogP contribution in [0.2, 0.25) is 0 Å². The molecule has 3 heterocycles. The normalized spacial score (nSPS) is 17.8. The fourth-order valence-electron chi connectivity index (χ4n) is 4.11. The molecule has 0 bridgehead atoms. The summed E-state index contributed by atoms with van der Waals surface area (Å²) in [5.41, 5.74) is 3.57. The van der Waals surface area contributed by atoms with E-state index in [9.17, 15) is 10.1 Å². The molecular weight excluding hydrogens is 408 g/mol. The Morgan fingerprint density at radius 2 is 1.44 bits per heavy atom. The quantitative estimate of drug-likeness (QED) is 0.409. The molecule has 10 nitrogen and oxygen atoms in total. The first kappa shape index (κ1) is 21.9. The minimum atomic E-state index is -0.419. The van der Waals surface area contributed by atoms with Gasteiger partial charge < -0.3 is 9.80 Å². The van der Waals surface area contributed by atoms with Gasteiger partial charge in [0.25, 0.3) is 5.69 Å². The molecule has 0 aliphatic carbocycles. The van der Waals surface area contributed by atoms with Crippen LogP contribution in [0.25, 0.3) is 0 Å². The number of nitro benzene ring substituents is 1. The maximum Gasteiger partial charge on any atom is 0.270 e. The lowest BCUT2D eigenvalue weighted by Gasteiger charge is -2.24. The molecule has 2 aliphatic rings. The molecule has 1 aromatic heterocycles. The molecule has 1 aromatic carbocycles. The molecule has 0 atom stereocenters. The Morgan fingerprint density at radius 1 is 0.875 bits per heavy atom. The van der Waals surface area contributed by atoms with Crippen molar-refractivity contribution >= 4 is 29.7 Å². The van der Waals surface area contributed by atoms with Gasteiger partial charge in [-0.3, -0.25) is 10.1 Å². The molecule has 2 saturated heterocycles. The van der Waals surface area contributed by atoms with Crippen LogP contribution in [0.4, 0.5) is 23.5 Å². The Kier molecular flexibility index (Phi) is 7.42. The van der Waals surface area contributed by atoms with Crippen LogP contribution >= 0.6 is 0 Å². The van der Waals surface area contributed by atoms with Crippen LogP contribution in [-0.4, -0.2) is 52.3 Å². The summed E-state index contributed by atoms with van der Waals surface area (Å²) in [6.45, 7) is 3.78. The van der Waals surface area contributed by atoms with E-state index in [0.717, 1.165) is 51.9 Å². The summed E-state index contributed by atoms with van der Waals surface area (Å²) in [5, 5.41) is 15.2. The molecule has 4 rings (SSSR count). The number of hydrogen-bond donors (Lipinski definition) is 1. The van der Waals surface area contributed by atoms with Crippen molar-refractivity contribution in [1.29, 1.82) is 0 Å². The van der Waals surface area contributed by atoms with Crippen LogP contribution in [0, 0.1) is 10.1 Å². The SMILES string of the molecule is O=[N+]([O-])c1cccc(/C=N\Nc2nc(N3CCCCCC3)nc(N3CCCCCC3)n2)c1. The minimum absolute atomic E-state index is 0.0287. The summed E-state index contributed by atoms with van der Waals surface area (Å²) >= 11 is 0. The van der Waals surface area contributed by atoms with Gasteiger partial charge in [0.15, 0.2) is 0 Å². The van der Waals surface area contributed by atoms with Crippen LogP contribution in [0.3, 0.4) is 0 Å². The van der Waals surface area contributed by atoms with Crippen LogP contribution in [0.15, 0.2) is 29.4 Å². The highest BCUT2D eigenvalue weighted by molar-refractivity contribution is 5.81. The Labute approximate surface area is 187 Å². The lowest BCUT2D eigenvalue weighted by atomic mass is 10.2. The summed E-state index contributed by atoms with van der Waals surface area (Å²) in [5.74, 6) is 1.77. The van der Waals surface area contributed by atoms with Crippen molar-refractivity contribution in [3.63, 3.8) is 0 Å². The van der Waals surface area contributed by atoms with Gasteiger partial charge >= 0.3 is 0 Å². The second kappa shape index (κ2) is 10.8. The topological polar surface area (TPSA) is 113 Å². The van der Waals surface area contributed by atoms with Gasteiger partial charge in [0.1, 0.15) is 0 Å². The summed E-state index contributed by atoms with van der Waals surface area (Å²) in [6, 6.07) is 6.33. The first-order valence-corrected chi connectivity index (χ1v) is 11.5. The fraction of sp³-hybridized carbons (Fsp3) is 0.545. The van der Waals surface area contributed by atoms with E-state index in [0.29, 0.717) is 23.4 Å². The van der Waals surface area contributed by atoms with Crippen LogP contribution in [-0.2, 0) is 0 Å². The van der Waals surface area contributed by atoms with Gasteiger partial charge in [-0.05, 0) is 25.7 Å². The summed E-state index contributed by atoms with van der Waals surface area (Å²) in [7, 11) is 0. The molecule has 0 amide bonds. The number of nitrogens with one attached hydrogen (secondary N) is 1. The largest absolute Gasteiger partial charge is 0.341 e. The van der Waals surface area contributed by atoms with E-state index in [2.05, 4.69) is 30.3 Å². The number of nitro groups is 1. The predicted octanol–water partition coefficient (Wildman–Crippen LogP) is 3.99. The van der Waals surface area contributed by atoms with E-state index in [1.807, 2.05) is 0 Å². The Bertz CT molecular complexity index is 897. The van der Waals surface area contributed by atoms with Crippen molar-refractivity contribution in [1.82, 2.24) is 15.0 Å². The number of rotatable bonds is 6. The average Bonchev–Trinajstić information content (AvgIpc) is 3.25. The number of non-ortho nitro benzene ring substituents is 1. The number of hydrogen-bond acceptors (Lipinski definition) is 9. The van der Waals surface area contributed by atoms with Gasteiger partial charge in [-0.25, -0.2) is 5.43 Å². The third-order valence-electron chi connectivity index (χ3n) is 5.85. The highest BCUT2D eigenvalue weighted by Crippen LogP contribution is 2.22. The van der Waals surface area contributed by atoms with E-state index in [-0.39, 0.29) is 5.69 Å². The number of aromatic nitrogens is 3. The average molecular weight is 439 g/mol. The fourth-order valence-corrected chi connectivity index (χ4v) is 4.11. The minimum Gasteiger partial charge on any atom is -0.341 e. The van der Waals surface area contributed by atoms with Crippen molar-refractivity contribution in [2.75, 3.05) is 41.4 Å². The first-order chi connectivity index (χ1) is 15.7. The monoisotopic (exact) mass is 438 g/mol. The highest BCUT2D eigenvalue weighted by Gasteiger charge is 2.19. The second-order valence-electron chi connectivity index (χ2n) is 8.28. The van der Waals surface area contributed by atoms with Gasteiger partial charge in [-0.1, -0.05) is 37.8 Å². The van der Waals surface area contributed by atoms with Crippen molar-refractivity contribution in [3.8, 4) is 0 Å². The zero-order valence-electron chi connectivity index (χ0n) is 18.3. The number of benzene rings is 1. The molecule has 2 fully saturated rings. The Morgan fingerprint density at radius 3 is 1.97 bits per heavy atom. The molecule has 2 aromatic rings. The molecule has 0 radical (unpaired) electrons. The van der Waals surface area contributed by atoms with Crippen LogP contribution in [0.1, 0.15) is 56.9 Å². The number of hydrazone groups is 1. The molecule has 10 heteroatoms. The van der Waals surface area contributed by atoms with Crippen molar-refractivity contribution in [2.45, 2.75) is 51.4 Å². The lowest BCUT2D eigenvalue weighted by Crippen LogP contribution is -2.30. The molecule has 0 saturated carbocycles. The summed E-state index contributed by atoms with van der Waals surface area (Å²) in [4.78, 5) is 29.1. The van der Waals surface area contributed by atoms with E-state index < -0.39 is 4.92 Å². The van der Waals surface area contributed by atoms with E-state index in [4.69, 9.17) is 4.98 Å². The molecule has 0 unspecified atom stereocenters. The van der Waals surface area contributed by atoms with Crippen molar-refractivity contribution in [3.05, 3.63) is 39.9 Å². The maximum atomic E-state index is 11.0. The maximum absolute atomic E-state index is 11.0. The van der Waals surface area contributed by atoms with Gasteiger partial charge in [0, 0.05) is 43.9 Å². The number of anilines is 3. The zero-order valence-corrected chi connectivity index (χ0v) is 18.3. The molecular formula is C22H30N8O2. The third kappa shape index (κ3) is 5.89. The standard InChI is InChI=1S/C22H30N8O2/c31-30(32)19-11-9-10-18(16-19)17-23-27-20-24-21(28-12-5-1-2-6-13-28)26-22(25-20)29-14-7-3-4-8-15-29/h9-11,16-17H,1-8,12-15H2,(H,24,25,26,27)/b23-17-. The van der Waals surface area contributed by atoms with Gasteiger partial charge in [0.2, 0.25) is 17.8 Å². The number of nitrogens with zero attached hydrogens (tertiary/aromatic N) is 7. The Balaban J connectivity index is 1.56. The van der Waals surface area contributed by atoms with E-state index in [1.165, 1.54) is 44.0 Å². The van der Waals surface area contributed by atoms with Gasteiger partial charge in [-0.2, -0.15) is 20.1 Å². The lowest BCUT2D eigenvalue weighted by molar-refractivity contribution is -0.384. The predicted molar refractivity (Wildman–Crippen MR) is 126 cm³/mol. The molecule has 0 spiro atoms.